The summed E-state index contributed by atoms with van der Waals surface area (Å²) in [7, 11) is 0. The summed E-state index contributed by atoms with van der Waals surface area (Å²) >= 11 is 3.38. The normalized spacial score (nSPS) is 14.0. The number of piperidine rings is 1. The van der Waals surface area contributed by atoms with Gasteiger partial charge in [0.2, 0.25) is 0 Å². The van der Waals surface area contributed by atoms with Gasteiger partial charge in [0.05, 0.1) is 12.1 Å². The molecule has 0 unspecified atom stereocenters. The maximum atomic E-state index is 12.7. The summed E-state index contributed by atoms with van der Waals surface area (Å²) in [5.74, 6) is 0.0528. The SMILES string of the molecule is O=C(NCCn1nnc2cc(C(=O)N3CCCCC3)ccc21)Nc1cccc(Br)c1. The number of amides is 3. The number of carbonyl (C=O) groups excluding carboxylic acids is 2. The molecule has 0 saturated carbocycles. The predicted molar refractivity (Wildman–Crippen MR) is 118 cm³/mol. The van der Waals surface area contributed by atoms with Gasteiger partial charge in [-0.15, -0.1) is 5.10 Å². The standard InChI is InChI=1S/C21H23BrN6O2/c22-16-5-4-6-17(14-16)24-21(30)23-9-12-28-19-8-7-15(13-18(19)25-26-28)20(29)27-10-2-1-3-11-27/h4-8,13-14H,1-3,9-12H2,(H2,23,24,30). The lowest BCUT2D eigenvalue weighted by atomic mass is 10.1. The Kier molecular flexibility index (Phi) is 6.27. The molecule has 8 nitrogen and oxygen atoms in total. The summed E-state index contributed by atoms with van der Waals surface area (Å²) in [5, 5.41) is 14.0. The van der Waals surface area contributed by atoms with Crippen molar-refractivity contribution in [2.24, 2.45) is 0 Å². The van der Waals surface area contributed by atoms with Gasteiger partial charge in [-0.3, -0.25) is 4.79 Å². The zero-order valence-corrected chi connectivity index (χ0v) is 18.1. The van der Waals surface area contributed by atoms with E-state index in [1.165, 1.54) is 6.42 Å². The number of hydrogen-bond donors (Lipinski definition) is 2. The fraction of sp³-hybridized carbons (Fsp3) is 0.333. The third kappa shape index (κ3) is 4.79. The highest BCUT2D eigenvalue weighted by Crippen LogP contribution is 2.18. The van der Waals surface area contributed by atoms with Crippen LogP contribution in [0.2, 0.25) is 0 Å². The molecule has 3 aromatic rings. The number of aromatic nitrogens is 3. The number of halogens is 1. The molecule has 9 heteroatoms. The predicted octanol–water partition coefficient (Wildman–Crippen LogP) is 3.64. The molecule has 0 bridgehead atoms. The highest BCUT2D eigenvalue weighted by atomic mass is 79.9. The number of fused-ring (bicyclic) bond motifs is 1. The number of nitrogens with one attached hydrogen (secondary N) is 2. The van der Waals surface area contributed by atoms with Crippen molar-refractivity contribution in [1.29, 1.82) is 0 Å². The first-order valence-corrected chi connectivity index (χ1v) is 10.8. The van der Waals surface area contributed by atoms with Gasteiger partial charge in [0, 0.05) is 35.4 Å². The van der Waals surface area contributed by atoms with Crippen LogP contribution in [0.15, 0.2) is 46.9 Å². The number of anilines is 1. The zero-order chi connectivity index (χ0) is 20.9. The van der Waals surface area contributed by atoms with Gasteiger partial charge in [0.25, 0.3) is 5.91 Å². The van der Waals surface area contributed by atoms with Gasteiger partial charge in [-0.2, -0.15) is 0 Å². The van der Waals surface area contributed by atoms with Crippen LogP contribution >= 0.6 is 15.9 Å². The lowest BCUT2D eigenvalue weighted by Crippen LogP contribution is -2.35. The maximum absolute atomic E-state index is 12.7. The minimum absolute atomic E-state index is 0.0528. The summed E-state index contributed by atoms with van der Waals surface area (Å²) in [6.45, 7) is 2.50. The Bertz CT molecular complexity index is 1060. The Morgan fingerprint density at radius 2 is 1.90 bits per heavy atom. The van der Waals surface area contributed by atoms with Crippen molar-refractivity contribution in [3.8, 4) is 0 Å². The third-order valence-electron chi connectivity index (χ3n) is 5.10. The van der Waals surface area contributed by atoms with E-state index >= 15 is 0 Å². The molecule has 2 aromatic carbocycles. The lowest BCUT2D eigenvalue weighted by Gasteiger charge is -2.26. The Balaban J connectivity index is 1.34. The van der Waals surface area contributed by atoms with Crippen molar-refractivity contribution in [3.05, 3.63) is 52.5 Å². The lowest BCUT2D eigenvalue weighted by molar-refractivity contribution is 0.0724. The Morgan fingerprint density at radius 1 is 1.07 bits per heavy atom. The molecular weight excluding hydrogens is 448 g/mol. The van der Waals surface area contributed by atoms with E-state index in [9.17, 15) is 9.59 Å². The van der Waals surface area contributed by atoms with Crippen molar-refractivity contribution >= 4 is 44.6 Å². The molecule has 2 heterocycles. The van der Waals surface area contributed by atoms with E-state index in [0.717, 1.165) is 35.9 Å². The van der Waals surface area contributed by atoms with Crippen LogP contribution in [0.25, 0.3) is 11.0 Å². The Labute approximate surface area is 182 Å². The summed E-state index contributed by atoms with van der Waals surface area (Å²) in [5.41, 5.74) is 2.86. The number of carbonyl (C=O) groups is 2. The number of likely N-dealkylation sites (tertiary alicyclic amines) is 1. The molecule has 2 N–H and O–H groups in total. The number of nitrogens with zero attached hydrogens (tertiary/aromatic N) is 4. The number of hydrogen-bond acceptors (Lipinski definition) is 4. The van der Waals surface area contributed by atoms with E-state index in [2.05, 4.69) is 36.9 Å². The van der Waals surface area contributed by atoms with E-state index in [1.54, 1.807) is 10.7 Å². The van der Waals surface area contributed by atoms with E-state index in [-0.39, 0.29) is 11.9 Å². The molecule has 1 fully saturated rings. The number of urea groups is 1. The minimum atomic E-state index is -0.285. The molecule has 1 saturated heterocycles. The van der Waals surface area contributed by atoms with Gasteiger partial charge in [-0.25, -0.2) is 9.48 Å². The van der Waals surface area contributed by atoms with Gasteiger partial charge < -0.3 is 15.5 Å². The second-order valence-corrected chi connectivity index (χ2v) is 8.18. The highest BCUT2D eigenvalue weighted by molar-refractivity contribution is 9.10. The fourth-order valence-electron chi connectivity index (χ4n) is 3.57. The van der Waals surface area contributed by atoms with Gasteiger partial charge in [0.15, 0.2) is 0 Å². The van der Waals surface area contributed by atoms with Crippen molar-refractivity contribution in [2.45, 2.75) is 25.8 Å². The molecular formula is C21H23BrN6O2. The summed E-state index contributed by atoms with van der Waals surface area (Å²) in [4.78, 5) is 26.6. The molecule has 0 atom stereocenters. The minimum Gasteiger partial charge on any atom is -0.339 e. The summed E-state index contributed by atoms with van der Waals surface area (Å²) in [6, 6.07) is 12.6. The van der Waals surface area contributed by atoms with Crippen molar-refractivity contribution < 1.29 is 9.59 Å². The molecule has 3 amide bonds. The Morgan fingerprint density at radius 3 is 2.70 bits per heavy atom. The van der Waals surface area contributed by atoms with Crippen LogP contribution in [-0.4, -0.2) is 51.5 Å². The zero-order valence-electron chi connectivity index (χ0n) is 16.5. The molecule has 30 heavy (non-hydrogen) atoms. The molecule has 0 aliphatic carbocycles. The molecule has 0 spiro atoms. The monoisotopic (exact) mass is 470 g/mol. The third-order valence-corrected chi connectivity index (χ3v) is 5.59. The van der Waals surface area contributed by atoms with Crippen molar-refractivity contribution in [2.75, 3.05) is 25.0 Å². The first kappa shape index (κ1) is 20.3. The maximum Gasteiger partial charge on any atom is 0.319 e. The van der Waals surface area contributed by atoms with Crippen LogP contribution in [0.4, 0.5) is 10.5 Å². The van der Waals surface area contributed by atoms with Gasteiger partial charge in [0.1, 0.15) is 5.52 Å². The van der Waals surface area contributed by atoms with E-state index in [1.807, 2.05) is 41.3 Å². The first-order valence-electron chi connectivity index (χ1n) is 10.0. The average molecular weight is 471 g/mol. The van der Waals surface area contributed by atoms with Crippen LogP contribution in [0.1, 0.15) is 29.6 Å². The molecule has 1 aliphatic rings. The average Bonchev–Trinajstić information content (AvgIpc) is 3.16. The quantitative estimate of drug-likeness (QED) is 0.595. The fourth-order valence-corrected chi connectivity index (χ4v) is 3.97. The van der Waals surface area contributed by atoms with E-state index in [0.29, 0.717) is 29.9 Å². The topological polar surface area (TPSA) is 92.1 Å². The molecule has 156 valence electrons. The van der Waals surface area contributed by atoms with Crippen LogP contribution in [0.3, 0.4) is 0 Å². The molecule has 0 radical (unpaired) electrons. The van der Waals surface area contributed by atoms with Crippen molar-refractivity contribution in [1.82, 2.24) is 25.2 Å². The van der Waals surface area contributed by atoms with Gasteiger partial charge in [-0.05, 0) is 55.7 Å². The smallest absolute Gasteiger partial charge is 0.319 e. The van der Waals surface area contributed by atoms with Crippen LogP contribution in [-0.2, 0) is 6.54 Å². The van der Waals surface area contributed by atoms with Crippen LogP contribution < -0.4 is 10.6 Å². The molecule has 4 rings (SSSR count). The van der Waals surface area contributed by atoms with Crippen LogP contribution in [0.5, 0.6) is 0 Å². The van der Waals surface area contributed by atoms with E-state index < -0.39 is 0 Å². The van der Waals surface area contributed by atoms with E-state index in [4.69, 9.17) is 0 Å². The first-order chi connectivity index (χ1) is 14.6. The second-order valence-electron chi connectivity index (χ2n) is 7.26. The Hall–Kier alpha value is -2.94. The second kappa shape index (κ2) is 9.25. The van der Waals surface area contributed by atoms with Gasteiger partial charge >= 0.3 is 6.03 Å². The molecule has 1 aromatic heterocycles. The molecule has 1 aliphatic heterocycles. The van der Waals surface area contributed by atoms with Gasteiger partial charge in [-0.1, -0.05) is 27.2 Å². The van der Waals surface area contributed by atoms with Crippen molar-refractivity contribution in [3.63, 3.8) is 0 Å². The summed E-state index contributed by atoms with van der Waals surface area (Å²) < 4.78 is 2.62. The van der Waals surface area contributed by atoms with Crippen LogP contribution in [0, 0.1) is 0 Å². The number of rotatable bonds is 5. The number of benzene rings is 2. The largest absolute Gasteiger partial charge is 0.339 e. The summed E-state index contributed by atoms with van der Waals surface area (Å²) in [6.07, 6.45) is 3.31. The highest BCUT2D eigenvalue weighted by Gasteiger charge is 2.19.